The summed E-state index contributed by atoms with van der Waals surface area (Å²) in [5.74, 6) is -0.976. The number of aromatic nitrogens is 1. The molecule has 1 aromatic heterocycles. The summed E-state index contributed by atoms with van der Waals surface area (Å²) in [4.78, 5) is 15.7. The van der Waals surface area contributed by atoms with Gasteiger partial charge in [0, 0.05) is 11.2 Å². The Kier molecular flexibility index (Phi) is 3.58. The van der Waals surface area contributed by atoms with Crippen molar-refractivity contribution in [3.8, 4) is 0 Å². The number of nitrogens with zero attached hydrogens (tertiary/aromatic N) is 1. The lowest BCUT2D eigenvalue weighted by atomic mass is 10.2. The minimum Gasteiger partial charge on any atom is -0.318 e. The van der Waals surface area contributed by atoms with E-state index in [1.54, 1.807) is 25.1 Å². The van der Waals surface area contributed by atoms with Gasteiger partial charge in [-0.05, 0) is 30.7 Å². The zero-order chi connectivity index (χ0) is 13.1. The highest BCUT2D eigenvalue weighted by Gasteiger charge is 2.12. The number of anilines is 1. The van der Waals surface area contributed by atoms with Gasteiger partial charge in [-0.15, -0.1) is 0 Å². The molecule has 0 spiro atoms. The van der Waals surface area contributed by atoms with Gasteiger partial charge in [-0.1, -0.05) is 23.7 Å². The lowest BCUT2D eigenvalue weighted by Crippen LogP contribution is -2.15. The third kappa shape index (κ3) is 2.65. The highest BCUT2D eigenvalue weighted by atomic mass is 35.5. The molecule has 0 unspecified atom stereocenters. The van der Waals surface area contributed by atoms with Crippen molar-refractivity contribution in [1.29, 1.82) is 0 Å². The largest absolute Gasteiger partial charge is 0.318 e. The Balaban J connectivity index is 2.27. The molecule has 0 fully saturated rings. The van der Waals surface area contributed by atoms with Gasteiger partial charge in [0.2, 0.25) is 0 Å². The average Bonchev–Trinajstić information content (AvgIpc) is 2.34. The van der Waals surface area contributed by atoms with E-state index in [9.17, 15) is 9.18 Å². The minimum atomic E-state index is -0.495. The summed E-state index contributed by atoms with van der Waals surface area (Å²) in [5.41, 5.74) is 0.944. The summed E-state index contributed by atoms with van der Waals surface area (Å²) in [5, 5.41) is 2.89. The van der Waals surface area contributed by atoms with E-state index >= 15 is 0 Å². The molecule has 0 aliphatic heterocycles. The highest BCUT2D eigenvalue weighted by molar-refractivity contribution is 6.30. The molecule has 1 heterocycles. The van der Waals surface area contributed by atoms with Crippen LogP contribution in [0.1, 0.15) is 16.1 Å². The molecular weight excluding hydrogens is 255 g/mol. The van der Waals surface area contributed by atoms with Gasteiger partial charge >= 0.3 is 0 Å². The van der Waals surface area contributed by atoms with Gasteiger partial charge in [0.25, 0.3) is 5.91 Å². The Bertz CT molecular complexity index is 581. The lowest BCUT2D eigenvalue weighted by Gasteiger charge is -2.08. The van der Waals surface area contributed by atoms with Gasteiger partial charge in [0.05, 0.1) is 5.69 Å². The van der Waals surface area contributed by atoms with Crippen molar-refractivity contribution in [2.24, 2.45) is 0 Å². The van der Waals surface area contributed by atoms with Crippen molar-refractivity contribution < 1.29 is 9.18 Å². The number of rotatable bonds is 2. The van der Waals surface area contributed by atoms with Gasteiger partial charge in [-0.3, -0.25) is 9.78 Å². The van der Waals surface area contributed by atoms with E-state index in [1.165, 1.54) is 18.3 Å². The quantitative estimate of drug-likeness (QED) is 0.903. The second kappa shape index (κ2) is 5.14. The van der Waals surface area contributed by atoms with Crippen molar-refractivity contribution >= 4 is 23.2 Å². The van der Waals surface area contributed by atoms with Gasteiger partial charge in [-0.2, -0.15) is 0 Å². The number of carbonyl (C=O) groups excluding carboxylic acids is 1. The van der Waals surface area contributed by atoms with E-state index in [0.717, 1.165) is 0 Å². The van der Waals surface area contributed by atoms with Crippen LogP contribution in [0.3, 0.4) is 0 Å². The molecule has 0 atom stereocenters. The number of pyridine rings is 1. The lowest BCUT2D eigenvalue weighted by molar-refractivity contribution is 0.102. The fourth-order valence-corrected chi connectivity index (χ4v) is 1.66. The minimum absolute atomic E-state index is 0.144. The zero-order valence-electron chi connectivity index (χ0n) is 9.58. The SMILES string of the molecule is Cc1cccc(F)c1NC(=O)c1cc(Cl)ccn1. The number of aryl methyl sites for hydroxylation is 1. The first-order valence-electron chi connectivity index (χ1n) is 5.26. The first-order chi connectivity index (χ1) is 8.58. The molecule has 0 saturated carbocycles. The van der Waals surface area contributed by atoms with Crippen LogP contribution in [-0.4, -0.2) is 10.9 Å². The van der Waals surface area contributed by atoms with Gasteiger partial charge in [-0.25, -0.2) is 4.39 Å². The monoisotopic (exact) mass is 264 g/mol. The van der Waals surface area contributed by atoms with Crippen LogP contribution >= 0.6 is 11.6 Å². The number of para-hydroxylation sites is 1. The molecule has 1 amide bonds. The molecule has 1 aromatic carbocycles. The van der Waals surface area contributed by atoms with E-state index in [0.29, 0.717) is 10.6 Å². The molecule has 0 radical (unpaired) electrons. The fourth-order valence-electron chi connectivity index (χ4n) is 1.50. The van der Waals surface area contributed by atoms with E-state index in [2.05, 4.69) is 10.3 Å². The maximum Gasteiger partial charge on any atom is 0.274 e. The van der Waals surface area contributed by atoms with Crippen LogP contribution in [0.5, 0.6) is 0 Å². The number of nitrogens with one attached hydrogen (secondary N) is 1. The molecule has 92 valence electrons. The molecule has 0 aliphatic rings. The van der Waals surface area contributed by atoms with E-state index in [4.69, 9.17) is 11.6 Å². The number of carbonyl (C=O) groups is 1. The summed E-state index contributed by atoms with van der Waals surface area (Å²) < 4.78 is 13.5. The number of benzene rings is 1. The van der Waals surface area contributed by atoms with Crippen LogP contribution in [0.15, 0.2) is 36.5 Å². The summed E-state index contributed by atoms with van der Waals surface area (Å²) >= 11 is 5.76. The smallest absolute Gasteiger partial charge is 0.274 e. The Hall–Kier alpha value is -1.94. The van der Waals surface area contributed by atoms with Crippen LogP contribution < -0.4 is 5.32 Å². The van der Waals surface area contributed by atoms with Crippen LogP contribution in [0.2, 0.25) is 5.02 Å². The zero-order valence-corrected chi connectivity index (χ0v) is 10.3. The predicted octanol–water partition coefficient (Wildman–Crippen LogP) is 3.43. The number of hydrogen-bond acceptors (Lipinski definition) is 2. The van der Waals surface area contributed by atoms with E-state index in [1.807, 2.05) is 0 Å². The van der Waals surface area contributed by atoms with Crippen LogP contribution in [-0.2, 0) is 0 Å². The van der Waals surface area contributed by atoms with E-state index < -0.39 is 11.7 Å². The second-order valence-electron chi connectivity index (χ2n) is 3.75. The second-order valence-corrected chi connectivity index (χ2v) is 4.18. The van der Waals surface area contributed by atoms with Gasteiger partial charge in [0.1, 0.15) is 11.5 Å². The molecule has 1 N–H and O–H groups in total. The first kappa shape index (κ1) is 12.5. The highest BCUT2D eigenvalue weighted by Crippen LogP contribution is 2.19. The Morgan fingerprint density at radius 2 is 2.17 bits per heavy atom. The molecule has 5 heteroatoms. The molecule has 0 aliphatic carbocycles. The van der Waals surface area contributed by atoms with Crippen LogP contribution in [0, 0.1) is 12.7 Å². The molecular formula is C13H10ClFN2O. The molecule has 0 saturated heterocycles. The van der Waals surface area contributed by atoms with Gasteiger partial charge < -0.3 is 5.32 Å². The third-order valence-corrected chi connectivity index (χ3v) is 2.65. The summed E-state index contributed by atoms with van der Waals surface area (Å²) in [6.45, 7) is 1.71. The normalized spacial score (nSPS) is 10.2. The van der Waals surface area contributed by atoms with E-state index in [-0.39, 0.29) is 11.4 Å². The molecule has 0 bridgehead atoms. The van der Waals surface area contributed by atoms with Crippen molar-refractivity contribution in [3.63, 3.8) is 0 Å². The fraction of sp³-hybridized carbons (Fsp3) is 0.0769. The van der Waals surface area contributed by atoms with Crippen LogP contribution in [0.25, 0.3) is 0 Å². The summed E-state index contributed by atoms with van der Waals surface area (Å²) in [7, 11) is 0. The van der Waals surface area contributed by atoms with Crippen LogP contribution in [0.4, 0.5) is 10.1 Å². The summed E-state index contributed by atoms with van der Waals surface area (Å²) in [6, 6.07) is 7.57. The molecule has 2 aromatic rings. The maximum absolute atomic E-state index is 13.5. The van der Waals surface area contributed by atoms with Gasteiger partial charge in [0.15, 0.2) is 0 Å². The number of halogens is 2. The van der Waals surface area contributed by atoms with Crippen molar-refractivity contribution in [3.05, 3.63) is 58.6 Å². The molecule has 2 rings (SSSR count). The van der Waals surface area contributed by atoms with Crippen molar-refractivity contribution in [2.75, 3.05) is 5.32 Å². The average molecular weight is 265 g/mol. The standard InChI is InChI=1S/C13H10ClFN2O/c1-8-3-2-4-10(15)12(8)17-13(18)11-7-9(14)5-6-16-11/h2-7H,1H3,(H,17,18). The topological polar surface area (TPSA) is 42.0 Å². The Morgan fingerprint density at radius 3 is 2.83 bits per heavy atom. The summed E-state index contributed by atoms with van der Waals surface area (Å²) in [6.07, 6.45) is 1.42. The first-order valence-corrected chi connectivity index (χ1v) is 5.64. The van der Waals surface area contributed by atoms with Crippen molar-refractivity contribution in [2.45, 2.75) is 6.92 Å². The predicted molar refractivity (Wildman–Crippen MR) is 68.3 cm³/mol. The Labute approximate surface area is 109 Å². The maximum atomic E-state index is 13.5. The Morgan fingerprint density at radius 1 is 1.39 bits per heavy atom. The molecule has 3 nitrogen and oxygen atoms in total. The van der Waals surface area contributed by atoms with Crippen molar-refractivity contribution in [1.82, 2.24) is 4.98 Å². The molecule has 18 heavy (non-hydrogen) atoms. The number of hydrogen-bond donors (Lipinski definition) is 1. The number of amides is 1. The third-order valence-electron chi connectivity index (χ3n) is 2.42.